The van der Waals surface area contributed by atoms with Crippen LogP contribution in [0.25, 0.3) is 20.9 Å². The van der Waals surface area contributed by atoms with Crippen LogP contribution in [0.1, 0.15) is 21.2 Å². The number of morpholine rings is 1. The molecule has 1 amide bonds. The van der Waals surface area contributed by atoms with Crippen LogP contribution in [0.4, 0.5) is 11.5 Å². The standard InChI is InChI=1S/C27H29N5O4Se/c28-26(34)25-22(15-24(37-25)18-5-2-1-3-6-18)31-27-20-14-23(19(16-33)13-21(20)29-17-30-27)36-10-4-7-32-8-11-35-12-9-32/h1-3,5-6,13-15,17,33H,4,7-12,16H2,(H2,28,34)(H,29,30,31). The van der Waals surface area contributed by atoms with Crippen LogP contribution in [0.15, 0.2) is 54.9 Å². The van der Waals surface area contributed by atoms with E-state index in [1.54, 1.807) is 0 Å². The molecule has 0 saturated carbocycles. The fourth-order valence-corrected chi connectivity index (χ4v) is 6.36. The molecule has 5 rings (SSSR count). The third kappa shape index (κ3) is 6.01. The molecule has 1 aliphatic rings. The zero-order valence-corrected chi connectivity index (χ0v) is 22.1. The number of carbonyl (C=O) groups excluding carboxylic acids is 1. The minimum absolute atomic E-state index is 0.163. The van der Waals surface area contributed by atoms with E-state index in [2.05, 4.69) is 20.2 Å². The molecule has 2 aromatic heterocycles. The van der Waals surface area contributed by atoms with Crippen LogP contribution in [0.2, 0.25) is 0 Å². The molecule has 2 aromatic carbocycles. The van der Waals surface area contributed by atoms with Crippen molar-refractivity contribution in [2.45, 2.75) is 13.0 Å². The number of primary amides is 1. The maximum absolute atomic E-state index is 12.3. The number of fused-ring (bicyclic) bond motifs is 1. The average molecular weight is 567 g/mol. The fraction of sp³-hybridized carbons (Fsp3) is 0.296. The molecular formula is C27H29N5O4Se. The number of nitrogens with two attached hydrogens (primary N) is 1. The zero-order valence-electron chi connectivity index (χ0n) is 20.4. The number of carbonyl (C=O) groups is 1. The molecule has 9 nitrogen and oxygen atoms in total. The van der Waals surface area contributed by atoms with Crippen LogP contribution < -0.4 is 15.8 Å². The number of aliphatic hydroxyl groups is 1. The van der Waals surface area contributed by atoms with Crippen molar-refractivity contribution < 1.29 is 19.4 Å². The summed E-state index contributed by atoms with van der Waals surface area (Å²) in [6, 6.07) is 15.6. The maximum atomic E-state index is 12.3. The molecule has 0 aliphatic carbocycles. The number of anilines is 2. The predicted molar refractivity (Wildman–Crippen MR) is 143 cm³/mol. The van der Waals surface area contributed by atoms with Crippen molar-refractivity contribution in [2.75, 3.05) is 44.8 Å². The molecule has 4 aromatic rings. The van der Waals surface area contributed by atoms with Crippen molar-refractivity contribution in [3.8, 4) is 15.8 Å². The van der Waals surface area contributed by atoms with Crippen molar-refractivity contribution in [3.05, 3.63) is 64.9 Å². The molecule has 1 aliphatic heterocycles. The van der Waals surface area contributed by atoms with Gasteiger partial charge in [0.15, 0.2) is 0 Å². The first-order chi connectivity index (χ1) is 18.1. The molecule has 4 N–H and O–H groups in total. The predicted octanol–water partition coefficient (Wildman–Crippen LogP) is 2.79. The third-order valence-electron chi connectivity index (χ3n) is 6.24. The van der Waals surface area contributed by atoms with Gasteiger partial charge in [-0.05, 0) is 0 Å². The summed E-state index contributed by atoms with van der Waals surface area (Å²) in [5.74, 6) is 0.688. The number of aromatic nitrogens is 2. The molecule has 37 heavy (non-hydrogen) atoms. The van der Waals surface area contributed by atoms with E-state index in [4.69, 9.17) is 15.2 Å². The summed E-state index contributed by atoms with van der Waals surface area (Å²) < 4.78 is 13.1. The molecule has 1 saturated heterocycles. The van der Waals surface area contributed by atoms with E-state index in [1.807, 2.05) is 48.5 Å². The number of nitrogens with one attached hydrogen (secondary N) is 1. The molecule has 0 atom stereocenters. The molecule has 0 radical (unpaired) electrons. The van der Waals surface area contributed by atoms with Crippen molar-refractivity contribution in [2.24, 2.45) is 5.73 Å². The molecular weight excluding hydrogens is 537 g/mol. The fourth-order valence-electron chi connectivity index (χ4n) is 4.32. The number of aliphatic hydroxyl groups excluding tert-OH is 1. The molecule has 10 heteroatoms. The second-order valence-corrected chi connectivity index (χ2v) is 10.9. The minimum atomic E-state index is -0.449. The Labute approximate surface area is 221 Å². The van der Waals surface area contributed by atoms with Gasteiger partial charge in [-0.1, -0.05) is 0 Å². The summed E-state index contributed by atoms with van der Waals surface area (Å²) in [6.07, 6.45) is 2.32. The van der Waals surface area contributed by atoms with Gasteiger partial charge in [0, 0.05) is 13.1 Å². The summed E-state index contributed by atoms with van der Waals surface area (Å²) in [4.78, 5) is 23.5. The van der Waals surface area contributed by atoms with Crippen LogP contribution in [0.3, 0.4) is 0 Å². The average Bonchev–Trinajstić information content (AvgIpc) is 3.36. The van der Waals surface area contributed by atoms with Crippen LogP contribution in [0.5, 0.6) is 5.75 Å². The van der Waals surface area contributed by atoms with Gasteiger partial charge in [0.1, 0.15) is 0 Å². The first-order valence-corrected chi connectivity index (χ1v) is 13.9. The van der Waals surface area contributed by atoms with Gasteiger partial charge in [-0.15, -0.1) is 0 Å². The molecule has 1 fully saturated rings. The van der Waals surface area contributed by atoms with Gasteiger partial charge < -0.3 is 4.74 Å². The van der Waals surface area contributed by atoms with Gasteiger partial charge in [0.25, 0.3) is 0 Å². The summed E-state index contributed by atoms with van der Waals surface area (Å²) in [5, 5.41) is 14.0. The van der Waals surface area contributed by atoms with Crippen LogP contribution in [-0.4, -0.2) is 79.8 Å². The van der Waals surface area contributed by atoms with Crippen molar-refractivity contribution in [3.63, 3.8) is 0 Å². The SMILES string of the molecule is NC(=O)c1[se]c(-c2ccccc2)cc1Nc1ncnc2cc(CO)c(OCCCN3CCOCC3)cc12. The quantitative estimate of drug-likeness (QED) is 0.198. The number of benzene rings is 2. The van der Waals surface area contributed by atoms with E-state index in [0.29, 0.717) is 39.4 Å². The van der Waals surface area contributed by atoms with Gasteiger partial charge in [-0.3, -0.25) is 0 Å². The van der Waals surface area contributed by atoms with Gasteiger partial charge in [-0.25, -0.2) is 0 Å². The normalized spacial score (nSPS) is 14.1. The topological polar surface area (TPSA) is 123 Å². The number of hydrogen-bond donors (Lipinski definition) is 3. The van der Waals surface area contributed by atoms with E-state index in [1.165, 1.54) is 6.33 Å². The van der Waals surface area contributed by atoms with Crippen molar-refractivity contribution in [1.29, 1.82) is 0 Å². The Bertz CT molecular complexity index is 1370. The van der Waals surface area contributed by atoms with Crippen LogP contribution in [-0.2, 0) is 11.3 Å². The van der Waals surface area contributed by atoms with Crippen molar-refractivity contribution >= 4 is 42.8 Å². The molecule has 0 unspecified atom stereocenters. The molecule has 0 bridgehead atoms. The van der Waals surface area contributed by atoms with E-state index in [-0.39, 0.29) is 21.1 Å². The van der Waals surface area contributed by atoms with Gasteiger partial charge in [0.05, 0.1) is 13.2 Å². The zero-order chi connectivity index (χ0) is 25.6. The molecule has 3 heterocycles. The first kappa shape index (κ1) is 25.4. The summed E-state index contributed by atoms with van der Waals surface area (Å²) >= 11 is -0.225. The van der Waals surface area contributed by atoms with Crippen LogP contribution in [0, 0.1) is 0 Å². The number of amides is 1. The number of rotatable bonds is 10. The van der Waals surface area contributed by atoms with Crippen molar-refractivity contribution in [1.82, 2.24) is 14.9 Å². The summed E-state index contributed by atoms with van der Waals surface area (Å²) in [6.45, 7) is 4.71. The number of ether oxygens (including phenoxy) is 2. The Morgan fingerprint density at radius 1 is 1.16 bits per heavy atom. The van der Waals surface area contributed by atoms with Crippen LogP contribution >= 0.6 is 0 Å². The second-order valence-electron chi connectivity index (χ2n) is 8.72. The number of hydrogen-bond acceptors (Lipinski definition) is 8. The Kier molecular flexibility index (Phi) is 8.13. The van der Waals surface area contributed by atoms with E-state index < -0.39 is 5.91 Å². The monoisotopic (exact) mass is 567 g/mol. The Morgan fingerprint density at radius 2 is 1.97 bits per heavy atom. The van der Waals surface area contributed by atoms with E-state index in [9.17, 15) is 9.90 Å². The Balaban J connectivity index is 1.39. The first-order valence-electron chi connectivity index (χ1n) is 12.2. The summed E-state index contributed by atoms with van der Waals surface area (Å²) in [7, 11) is 0. The third-order valence-corrected chi connectivity index (χ3v) is 8.75. The Hall–Kier alpha value is -3.27. The molecule has 0 spiro atoms. The Morgan fingerprint density at radius 3 is 2.73 bits per heavy atom. The van der Waals surface area contributed by atoms with E-state index >= 15 is 0 Å². The van der Waals surface area contributed by atoms with Gasteiger partial charge >= 0.3 is 190 Å². The molecule has 192 valence electrons. The van der Waals surface area contributed by atoms with Gasteiger partial charge in [0.2, 0.25) is 0 Å². The summed E-state index contributed by atoms with van der Waals surface area (Å²) in [5.41, 5.74) is 8.77. The second kappa shape index (κ2) is 11.9. The van der Waals surface area contributed by atoms with E-state index in [0.717, 1.165) is 54.7 Å². The number of nitrogens with zero attached hydrogens (tertiary/aromatic N) is 3. The van der Waals surface area contributed by atoms with Gasteiger partial charge in [-0.2, -0.15) is 0 Å².